The first-order chi connectivity index (χ1) is 7.88. The molecule has 0 aliphatic carbocycles. The Hall–Kier alpha value is -1.96. The lowest BCUT2D eigenvalue weighted by Gasteiger charge is -2.01. The van der Waals surface area contributed by atoms with Gasteiger partial charge in [-0.25, -0.2) is 0 Å². The van der Waals surface area contributed by atoms with E-state index in [4.69, 9.17) is 0 Å². The highest BCUT2D eigenvalue weighted by atomic mass is 16.1. The van der Waals surface area contributed by atoms with Gasteiger partial charge in [0.25, 0.3) is 0 Å². The van der Waals surface area contributed by atoms with Gasteiger partial charge in [0, 0.05) is 18.0 Å². The SMILES string of the molecule is O=Cc1ccc(CCc2ccncc2)cc1. The third kappa shape index (κ3) is 2.76. The minimum Gasteiger partial charge on any atom is -0.298 e. The number of aryl methyl sites for hydroxylation is 2. The molecule has 0 aliphatic heterocycles. The van der Waals surface area contributed by atoms with E-state index >= 15 is 0 Å². The zero-order valence-electron chi connectivity index (χ0n) is 8.97. The van der Waals surface area contributed by atoms with Crippen LogP contribution in [-0.2, 0) is 12.8 Å². The first-order valence-corrected chi connectivity index (χ1v) is 5.31. The second-order valence-electron chi connectivity index (χ2n) is 3.71. The summed E-state index contributed by atoms with van der Waals surface area (Å²) in [6.07, 6.45) is 6.48. The van der Waals surface area contributed by atoms with Gasteiger partial charge in [0.15, 0.2) is 0 Å². The van der Waals surface area contributed by atoms with E-state index < -0.39 is 0 Å². The van der Waals surface area contributed by atoms with Gasteiger partial charge < -0.3 is 0 Å². The molecule has 0 saturated carbocycles. The van der Waals surface area contributed by atoms with Crippen LogP contribution in [0.25, 0.3) is 0 Å². The zero-order valence-corrected chi connectivity index (χ0v) is 8.97. The number of rotatable bonds is 4. The van der Waals surface area contributed by atoms with Crippen molar-refractivity contribution in [3.8, 4) is 0 Å². The third-order valence-corrected chi connectivity index (χ3v) is 2.57. The number of nitrogens with zero attached hydrogens (tertiary/aromatic N) is 1. The van der Waals surface area contributed by atoms with E-state index in [1.165, 1.54) is 11.1 Å². The Kier molecular flexibility index (Phi) is 3.44. The van der Waals surface area contributed by atoms with Crippen molar-refractivity contribution in [2.24, 2.45) is 0 Å². The van der Waals surface area contributed by atoms with Crippen molar-refractivity contribution in [3.63, 3.8) is 0 Å². The molecule has 2 aromatic rings. The number of pyridine rings is 1. The maximum Gasteiger partial charge on any atom is 0.150 e. The topological polar surface area (TPSA) is 30.0 Å². The number of aldehydes is 1. The van der Waals surface area contributed by atoms with Crippen LogP contribution in [0.15, 0.2) is 48.8 Å². The third-order valence-electron chi connectivity index (χ3n) is 2.57. The summed E-state index contributed by atoms with van der Waals surface area (Å²) >= 11 is 0. The van der Waals surface area contributed by atoms with Crippen molar-refractivity contribution in [1.29, 1.82) is 0 Å². The van der Waals surface area contributed by atoms with Crippen LogP contribution in [-0.4, -0.2) is 11.3 Å². The summed E-state index contributed by atoms with van der Waals surface area (Å²) in [5.74, 6) is 0. The van der Waals surface area contributed by atoms with Crippen molar-refractivity contribution in [2.75, 3.05) is 0 Å². The molecule has 0 N–H and O–H groups in total. The van der Waals surface area contributed by atoms with E-state index in [2.05, 4.69) is 4.98 Å². The lowest BCUT2D eigenvalue weighted by Crippen LogP contribution is -1.91. The molecule has 0 amide bonds. The number of hydrogen-bond acceptors (Lipinski definition) is 2. The second-order valence-corrected chi connectivity index (χ2v) is 3.71. The Labute approximate surface area is 95.0 Å². The van der Waals surface area contributed by atoms with E-state index in [0.29, 0.717) is 0 Å². The molecule has 0 saturated heterocycles. The molecule has 0 aliphatic rings. The van der Waals surface area contributed by atoms with Crippen molar-refractivity contribution in [1.82, 2.24) is 4.98 Å². The average molecular weight is 211 g/mol. The lowest BCUT2D eigenvalue weighted by molar-refractivity contribution is 0.112. The van der Waals surface area contributed by atoms with Crippen molar-refractivity contribution in [3.05, 3.63) is 65.5 Å². The summed E-state index contributed by atoms with van der Waals surface area (Å²) in [6.45, 7) is 0. The largest absolute Gasteiger partial charge is 0.298 e. The monoisotopic (exact) mass is 211 g/mol. The number of carbonyl (C=O) groups excluding carboxylic acids is 1. The quantitative estimate of drug-likeness (QED) is 0.728. The zero-order chi connectivity index (χ0) is 11.2. The van der Waals surface area contributed by atoms with E-state index in [0.717, 1.165) is 24.7 Å². The Bertz CT molecular complexity index is 448. The molecule has 2 heteroatoms. The normalized spacial score (nSPS) is 10.0. The summed E-state index contributed by atoms with van der Waals surface area (Å²) in [5, 5.41) is 0. The molecule has 16 heavy (non-hydrogen) atoms. The van der Waals surface area contributed by atoms with Crippen LogP contribution in [0.4, 0.5) is 0 Å². The molecule has 2 rings (SSSR count). The van der Waals surface area contributed by atoms with Gasteiger partial charge in [-0.15, -0.1) is 0 Å². The summed E-state index contributed by atoms with van der Waals surface area (Å²) in [6, 6.07) is 11.8. The fourth-order valence-corrected chi connectivity index (χ4v) is 1.60. The molecule has 80 valence electrons. The molecule has 0 fully saturated rings. The predicted molar refractivity (Wildman–Crippen MR) is 63.5 cm³/mol. The second kappa shape index (κ2) is 5.21. The van der Waals surface area contributed by atoms with Crippen molar-refractivity contribution >= 4 is 6.29 Å². The fourth-order valence-electron chi connectivity index (χ4n) is 1.60. The van der Waals surface area contributed by atoms with Crippen molar-refractivity contribution < 1.29 is 4.79 Å². The van der Waals surface area contributed by atoms with Crippen LogP contribution in [0.3, 0.4) is 0 Å². The van der Waals surface area contributed by atoms with Crippen LogP contribution in [0, 0.1) is 0 Å². The van der Waals surface area contributed by atoms with Crippen LogP contribution in [0.5, 0.6) is 0 Å². The van der Waals surface area contributed by atoms with E-state index in [1.54, 1.807) is 0 Å². The molecule has 1 aromatic heterocycles. The predicted octanol–water partition coefficient (Wildman–Crippen LogP) is 2.68. The van der Waals surface area contributed by atoms with Crippen LogP contribution < -0.4 is 0 Å². The molecule has 1 heterocycles. The van der Waals surface area contributed by atoms with Crippen LogP contribution in [0.2, 0.25) is 0 Å². The average Bonchev–Trinajstić information content (AvgIpc) is 2.38. The highest BCUT2D eigenvalue weighted by Crippen LogP contribution is 2.07. The Morgan fingerprint density at radius 1 is 0.875 bits per heavy atom. The molecule has 0 radical (unpaired) electrons. The Morgan fingerprint density at radius 2 is 1.44 bits per heavy atom. The molecular formula is C14H13NO. The molecule has 0 atom stereocenters. The van der Waals surface area contributed by atoms with Gasteiger partial charge in [-0.1, -0.05) is 24.3 Å². The van der Waals surface area contributed by atoms with Gasteiger partial charge in [0.2, 0.25) is 0 Å². The highest BCUT2D eigenvalue weighted by Gasteiger charge is 1.96. The molecular weight excluding hydrogens is 198 g/mol. The number of aromatic nitrogens is 1. The van der Waals surface area contributed by atoms with E-state index in [1.807, 2.05) is 48.8 Å². The maximum absolute atomic E-state index is 10.5. The summed E-state index contributed by atoms with van der Waals surface area (Å²) < 4.78 is 0. The van der Waals surface area contributed by atoms with E-state index in [9.17, 15) is 4.79 Å². The minimum atomic E-state index is 0.729. The Balaban J connectivity index is 1.97. The summed E-state index contributed by atoms with van der Waals surface area (Å²) in [4.78, 5) is 14.5. The van der Waals surface area contributed by atoms with Gasteiger partial charge >= 0.3 is 0 Å². The van der Waals surface area contributed by atoms with Gasteiger partial charge in [-0.05, 0) is 36.1 Å². The van der Waals surface area contributed by atoms with E-state index in [-0.39, 0.29) is 0 Å². The molecule has 2 nitrogen and oxygen atoms in total. The Morgan fingerprint density at radius 3 is 2.00 bits per heavy atom. The number of benzene rings is 1. The van der Waals surface area contributed by atoms with Crippen LogP contribution in [0.1, 0.15) is 21.5 Å². The smallest absolute Gasteiger partial charge is 0.150 e. The molecule has 0 spiro atoms. The number of hydrogen-bond donors (Lipinski definition) is 0. The lowest BCUT2D eigenvalue weighted by atomic mass is 10.0. The number of carbonyl (C=O) groups is 1. The van der Waals surface area contributed by atoms with Gasteiger partial charge in [-0.3, -0.25) is 9.78 Å². The van der Waals surface area contributed by atoms with Gasteiger partial charge in [-0.2, -0.15) is 0 Å². The first-order valence-electron chi connectivity index (χ1n) is 5.31. The van der Waals surface area contributed by atoms with Crippen molar-refractivity contribution in [2.45, 2.75) is 12.8 Å². The minimum absolute atomic E-state index is 0.729. The highest BCUT2D eigenvalue weighted by molar-refractivity contribution is 5.74. The molecule has 1 aromatic carbocycles. The molecule has 0 bridgehead atoms. The summed E-state index contributed by atoms with van der Waals surface area (Å²) in [5.41, 5.74) is 3.27. The standard InChI is InChI=1S/C14H13NO/c16-11-14-5-3-12(4-6-14)1-2-13-7-9-15-10-8-13/h3-11H,1-2H2. The van der Waals surface area contributed by atoms with Gasteiger partial charge in [0.1, 0.15) is 6.29 Å². The van der Waals surface area contributed by atoms with Crippen LogP contribution >= 0.6 is 0 Å². The van der Waals surface area contributed by atoms with Gasteiger partial charge in [0.05, 0.1) is 0 Å². The maximum atomic E-state index is 10.5. The molecule has 0 unspecified atom stereocenters. The first kappa shape index (κ1) is 10.6. The fraction of sp³-hybridized carbons (Fsp3) is 0.143. The summed E-state index contributed by atoms with van der Waals surface area (Å²) in [7, 11) is 0.